The summed E-state index contributed by atoms with van der Waals surface area (Å²) in [5.74, 6) is 0.299. The van der Waals surface area contributed by atoms with E-state index in [2.05, 4.69) is 16.4 Å². The van der Waals surface area contributed by atoms with Crippen LogP contribution in [-0.4, -0.2) is 12.6 Å². The number of ether oxygens (including phenoxy) is 1. The number of benzene rings is 1. The Labute approximate surface area is 130 Å². The molecule has 0 aliphatic rings. The molecule has 1 aromatic carbocycles. The highest BCUT2D eigenvalue weighted by atomic mass is 31.0. The van der Waals surface area contributed by atoms with Crippen LogP contribution in [0, 0.1) is 0 Å². The molecule has 0 radical (unpaired) electrons. The second-order valence-corrected chi connectivity index (χ2v) is 5.60. The van der Waals surface area contributed by atoms with Gasteiger partial charge in [0, 0.05) is 9.47 Å². The molecular weight excluding hydrogens is 283 g/mol. The Bertz CT molecular complexity index is 407. The van der Waals surface area contributed by atoms with Crippen LogP contribution >= 0.6 is 9.47 Å². The molecule has 1 aromatic rings. The topological polar surface area (TPSA) is 35.5 Å². The molecule has 118 valence electrons. The molecule has 0 N–H and O–H groups in total. The standard InChI is InChI=1S/C17H27O3P/c1-2-3-4-5-6-7-8-11-15-12-9-10-13-16(15)20-17(18)14-19-21/h9-10,12-13H,2-8,11,14,21H2,1H3. The lowest BCUT2D eigenvalue weighted by Crippen LogP contribution is -2.13. The Morgan fingerprint density at radius 3 is 2.43 bits per heavy atom. The molecule has 0 fully saturated rings. The predicted octanol–water partition coefficient (Wildman–Crippen LogP) is 4.69. The largest absolute Gasteiger partial charge is 0.425 e. The first-order chi connectivity index (χ1) is 10.3. The van der Waals surface area contributed by atoms with Crippen molar-refractivity contribution < 1.29 is 14.1 Å². The van der Waals surface area contributed by atoms with Crippen molar-refractivity contribution in [2.45, 2.75) is 58.3 Å². The Hall–Kier alpha value is -0.920. The quantitative estimate of drug-likeness (QED) is 0.257. The number of carbonyl (C=O) groups excluding carboxylic acids is 1. The molecule has 0 heterocycles. The molecule has 21 heavy (non-hydrogen) atoms. The summed E-state index contributed by atoms with van der Waals surface area (Å²) < 4.78 is 10.0. The Kier molecular flexibility index (Phi) is 10.1. The second kappa shape index (κ2) is 11.7. The minimum absolute atomic E-state index is 0.0452. The van der Waals surface area contributed by atoms with Crippen LogP contribution in [-0.2, 0) is 15.7 Å². The molecule has 0 bridgehead atoms. The first-order valence-electron chi connectivity index (χ1n) is 7.88. The molecule has 0 saturated carbocycles. The number of hydrogen-bond acceptors (Lipinski definition) is 3. The van der Waals surface area contributed by atoms with E-state index in [1.165, 1.54) is 38.5 Å². The maximum Gasteiger partial charge on any atom is 0.337 e. The van der Waals surface area contributed by atoms with Gasteiger partial charge in [0.25, 0.3) is 0 Å². The maximum absolute atomic E-state index is 11.5. The van der Waals surface area contributed by atoms with E-state index in [1.54, 1.807) is 0 Å². The average molecular weight is 310 g/mol. The number of rotatable bonds is 11. The molecule has 0 aliphatic carbocycles. The van der Waals surface area contributed by atoms with Crippen LogP contribution in [0.4, 0.5) is 0 Å². The summed E-state index contributed by atoms with van der Waals surface area (Å²) in [7, 11) is 2.05. The third-order valence-electron chi connectivity index (χ3n) is 3.45. The zero-order valence-corrected chi connectivity index (χ0v) is 14.1. The normalized spacial score (nSPS) is 10.6. The van der Waals surface area contributed by atoms with E-state index < -0.39 is 0 Å². The molecule has 1 atom stereocenters. The van der Waals surface area contributed by atoms with E-state index in [4.69, 9.17) is 9.26 Å². The fourth-order valence-corrected chi connectivity index (χ4v) is 2.44. The van der Waals surface area contributed by atoms with Crippen LogP contribution in [0.15, 0.2) is 24.3 Å². The second-order valence-electron chi connectivity index (χ2n) is 5.26. The van der Waals surface area contributed by atoms with Gasteiger partial charge in [-0.25, -0.2) is 4.79 Å². The first-order valence-corrected chi connectivity index (χ1v) is 8.35. The Morgan fingerprint density at radius 1 is 1.05 bits per heavy atom. The molecule has 0 spiro atoms. The number of esters is 1. The molecule has 0 aliphatic heterocycles. The zero-order valence-electron chi connectivity index (χ0n) is 13.0. The van der Waals surface area contributed by atoms with Crippen LogP contribution in [0.3, 0.4) is 0 Å². The van der Waals surface area contributed by atoms with Crippen molar-refractivity contribution in [1.82, 2.24) is 0 Å². The van der Waals surface area contributed by atoms with Crippen LogP contribution in [0.1, 0.15) is 57.4 Å². The average Bonchev–Trinajstić information content (AvgIpc) is 2.48. The monoisotopic (exact) mass is 310 g/mol. The number of hydrogen-bond donors (Lipinski definition) is 0. The smallest absolute Gasteiger partial charge is 0.337 e. The van der Waals surface area contributed by atoms with Gasteiger partial charge in [-0.05, 0) is 24.5 Å². The third kappa shape index (κ3) is 8.18. The summed E-state index contributed by atoms with van der Waals surface area (Å²) in [6.07, 6.45) is 9.94. The lowest BCUT2D eigenvalue weighted by Gasteiger charge is -2.09. The molecule has 0 amide bonds. The number of para-hydroxylation sites is 1. The van der Waals surface area contributed by atoms with E-state index >= 15 is 0 Å². The summed E-state index contributed by atoms with van der Waals surface area (Å²) in [5, 5.41) is 0. The maximum atomic E-state index is 11.5. The fraction of sp³-hybridized carbons (Fsp3) is 0.588. The highest BCUT2D eigenvalue weighted by molar-refractivity contribution is 7.09. The van der Waals surface area contributed by atoms with E-state index in [0.29, 0.717) is 5.75 Å². The van der Waals surface area contributed by atoms with Gasteiger partial charge in [-0.3, -0.25) is 0 Å². The van der Waals surface area contributed by atoms with Gasteiger partial charge < -0.3 is 9.26 Å². The van der Waals surface area contributed by atoms with E-state index in [9.17, 15) is 4.79 Å². The van der Waals surface area contributed by atoms with Crippen molar-refractivity contribution in [2.24, 2.45) is 0 Å². The van der Waals surface area contributed by atoms with Crippen molar-refractivity contribution in [3.63, 3.8) is 0 Å². The van der Waals surface area contributed by atoms with Gasteiger partial charge in [0.1, 0.15) is 12.4 Å². The Morgan fingerprint density at radius 2 is 1.71 bits per heavy atom. The lowest BCUT2D eigenvalue weighted by atomic mass is 10.0. The summed E-state index contributed by atoms with van der Waals surface area (Å²) in [4.78, 5) is 11.5. The third-order valence-corrected chi connectivity index (χ3v) is 3.61. The van der Waals surface area contributed by atoms with Crippen LogP contribution < -0.4 is 4.74 Å². The van der Waals surface area contributed by atoms with E-state index in [0.717, 1.165) is 18.4 Å². The van der Waals surface area contributed by atoms with Gasteiger partial charge >= 0.3 is 5.97 Å². The van der Waals surface area contributed by atoms with Gasteiger partial charge in [0.15, 0.2) is 0 Å². The summed E-state index contributed by atoms with van der Waals surface area (Å²) in [6, 6.07) is 7.75. The molecule has 1 rings (SSSR count). The minimum Gasteiger partial charge on any atom is -0.425 e. The molecule has 1 unspecified atom stereocenters. The Balaban J connectivity index is 2.32. The van der Waals surface area contributed by atoms with Crippen LogP contribution in [0.2, 0.25) is 0 Å². The summed E-state index contributed by atoms with van der Waals surface area (Å²) in [6.45, 7) is 2.19. The molecule has 0 saturated heterocycles. The molecule has 3 nitrogen and oxygen atoms in total. The molecular formula is C17H27O3P. The van der Waals surface area contributed by atoms with Crippen molar-refractivity contribution in [3.05, 3.63) is 29.8 Å². The SMILES string of the molecule is CCCCCCCCCc1ccccc1OC(=O)COP. The molecule has 0 aromatic heterocycles. The number of aryl methyl sites for hydroxylation is 1. The van der Waals surface area contributed by atoms with Gasteiger partial charge in [0.05, 0.1) is 0 Å². The highest BCUT2D eigenvalue weighted by Gasteiger charge is 2.08. The van der Waals surface area contributed by atoms with E-state index in [1.807, 2.05) is 24.3 Å². The fourth-order valence-electron chi connectivity index (χ4n) is 2.30. The van der Waals surface area contributed by atoms with Crippen molar-refractivity contribution in [1.29, 1.82) is 0 Å². The van der Waals surface area contributed by atoms with E-state index in [-0.39, 0.29) is 12.6 Å². The number of unbranched alkanes of at least 4 members (excludes halogenated alkanes) is 6. The summed E-state index contributed by atoms with van der Waals surface area (Å²) in [5.41, 5.74) is 1.10. The first kappa shape index (κ1) is 18.1. The van der Waals surface area contributed by atoms with Crippen LogP contribution in [0.25, 0.3) is 0 Å². The highest BCUT2D eigenvalue weighted by Crippen LogP contribution is 2.21. The van der Waals surface area contributed by atoms with Gasteiger partial charge in [-0.1, -0.05) is 63.6 Å². The van der Waals surface area contributed by atoms with Gasteiger partial charge in [-0.15, -0.1) is 0 Å². The van der Waals surface area contributed by atoms with Crippen molar-refractivity contribution >= 4 is 15.4 Å². The van der Waals surface area contributed by atoms with Gasteiger partial charge in [0.2, 0.25) is 0 Å². The molecule has 4 heteroatoms. The van der Waals surface area contributed by atoms with Crippen molar-refractivity contribution in [2.75, 3.05) is 6.61 Å². The summed E-state index contributed by atoms with van der Waals surface area (Å²) >= 11 is 0. The van der Waals surface area contributed by atoms with Crippen molar-refractivity contribution in [3.8, 4) is 5.75 Å². The minimum atomic E-state index is -0.364. The lowest BCUT2D eigenvalue weighted by molar-refractivity contribution is -0.136. The van der Waals surface area contributed by atoms with Crippen LogP contribution in [0.5, 0.6) is 5.75 Å². The number of carbonyl (C=O) groups is 1. The zero-order chi connectivity index (χ0) is 15.3. The predicted molar refractivity (Wildman–Crippen MR) is 89.4 cm³/mol. The van der Waals surface area contributed by atoms with Gasteiger partial charge in [-0.2, -0.15) is 0 Å².